The number of esters is 1. The van der Waals surface area contributed by atoms with Crippen LogP contribution in [-0.2, 0) is 14.3 Å². The Labute approximate surface area is 119 Å². The molecule has 0 aromatic heterocycles. The summed E-state index contributed by atoms with van der Waals surface area (Å²) in [7, 11) is 0. The standard InChI is InChI=1S/C6H11BrO2.C5H9BrO2/c1-4-9-5(8)6(2,3)7;1-3-5(2,6)4(7)8/h4H2,1-3H3;3H2,1-2H3,(H,7,8). The summed E-state index contributed by atoms with van der Waals surface area (Å²) in [6.07, 6.45) is 0.600. The van der Waals surface area contributed by atoms with Crippen molar-refractivity contribution in [3.8, 4) is 0 Å². The molecule has 0 heterocycles. The zero-order valence-corrected chi connectivity index (χ0v) is 14.0. The molecule has 0 radical (unpaired) electrons. The average molecular weight is 376 g/mol. The van der Waals surface area contributed by atoms with Crippen LogP contribution in [0.2, 0.25) is 0 Å². The van der Waals surface area contributed by atoms with E-state index < -0.39 is 14.6 Å². The number of carboxylic acid groups (broad SMARTS) is 1. The summed E-state index contributed by atoms with van der Waals surface area (Å²) in [5.74, 6) is -1.02. The van der Waals surface area contributed by atoms with Gasteiger partial charge in [-0.1, -0.05) is 38.8 Å². The zero-order valence-electron chi connectivity index (χ0n) is 10.8. The van der Waals surface area contributed by atoms with Gasteiger partial charge in [0.05, 0.1) is 6.61 Å². The second-order valence-corrected chi connectivity index (χ2v) is 7.78. The van der Waals surface area contributed by atoms with Gasteiger partial charge in [0.1, 0.15) is 8.65 Å². The molecule has 0 fully saturated rings. The maximum atomic E-state index is 10.8. The first-order chi connectivity index (χ1) is 7.49. The minimum Gasteiger partial charge on any atom is -0.480 e. The molecule has 102 valence electrons. The van der Waals surface area contributed by atoms with Gasteiger partial charge in [-0.15, -0.1) is 0 Å². The number of ether oxygens (including phenoxy) is 1. The average Bonchev–Trinajstić information content (AvgIpc) is 2.17. The minimum atomic E-state index is -0.806. The number of hydrogen-bond acceptors (Lipinski definition) is 3. The molecule has 6 heteroatoms. The topological polar surface area (TPSA) is 63.6 Å². The first-order valence-corrected chi connectivity index (χ1v) is 6.86. The third-order valence-electron chi connectivity index (χ3n) is 1.87. The van der Waals surface area contributed by atoms with Gasteiger partial charge < -0.3 is 9.84 Å². The quantitative estimate of drug-likeness (QED) is 0.604. The van der Waals surface area contributed by atoms with Crippen molar-refractivity contribution in [3.63, 3.8) is 0 Å². The van der Waals surface area contributed by atoms with Gasteiger partial charge in [0.15, 0.2) is 0 Å². The summed E-state index contributed by atoms with van der Waals surface area (Å²) in [6, 6.07) is 0. The zero-order chi connectivity index (χ0) is 14.3. The van der Waals surface area contributed by atoms with Gasteiger partial charge in [-0.2, -0.15) is 0 Å². The highest BCUT2D eigenvalue weighted by molar-refractivity contribution is 9.10. The molecule has 0 saturated carbocycles. The largest absolute Gasteiger partial charge is 0.480 e. The molecular formula is C11H20Br2O4. The van der Waals surface area contributed by atoms with Crippen molar-refractivity contribution < 1.29 is 19.4 Å². The normalized spacial score (nSPS) is 14.1. The number of halogens is 2. The number of carbonyl (C=O) groups excluding carboxylic acids is 1. The number of carboxylic acids is 1. The first kappa shape index (κ1) is 19.2. The van der Waals surface area contributed by atoms with Crippen molar-refractivity contribution in [2.45, 2.75) is 49.7 Å². The van der Waals surface area contributed by atoms with E-state index >= 15 is 0 Å². The molecule has 0 aromatic rings. The van der Waals surface area contributed by atoms with E-state index in [9.17, 15) is 9.59 Å². The number of alkyl halides is 2. The van der Waals surface area contributed by atoms with Crippen LogP contribution in [0.25, 0.3) is 0 Å². The third kappa shape index (κ3) is 9.59. The Morgan fingerprint density at radius 1 is 1.18 bits per heavy atom. The number of carbonyl (C=O) groups is 2. The molecule has 0 spiro atoms. The Hall–Kier alpha value is -0.100. The summed E-state index contributed by atoms with van der Waals surface area (Å²) in [5, 5.41) is 8.39. The Morgan fingerprint density at radius 2 is 1.59 bits per heavy atom. The molecule has 0 aromatic carbocycles. The van der Waals surface area contributed by atoms with Crippen LogP contribution in [0.3, 0.4) is 0 Å². The SMILES string of the molecule is CCC(C)(Br)C(=O)O.CCOC(=O)C(C)(C)Br. The van der Waals surface area contributed by atoms with Crippen LogP contribution in [0.5, 0.6) is 0 Å². The minimum absolute atomic E-state index is 0.218. The van der Waals surface area contributed by atoms with Crippen molar-refractivity contribution in [3.05, 3.63) is 0 Å². The molecule has 0 saturated heterocycles. The van der Waals surface area contributed by atoms with Crippen LogP contribution in [0.1, 0.15) is 41.0 Å². The van der Waals surface area contributed by atoms with E-state index in [0.717, 1.165) is 0 Å². The maximum absolute atomic E-state index is 10.8. The molecule has 0 aliphatic heterocycles. The molecule has 0 amide bonds. The summed E-state index contributed by atoms with van der Waals surface area (Å²) in [4.78, 5) is 21.0. The Morgan fingerprint density at radius 3 is 1.65 bits per heavy atom. The lowest BCUT2D eigenvalue weighted by molar-refractivity contribution is -0.144. The Balaban J connectivity index is 0. The lowest BCUT2D eigenvalue weighted by Gasteiger charge is -2.12. The van der Waals surface area contributed by atoms with E-state index in [0.29, 0.717) is 13.0 Å². The number of hydrogen-bond donors (Lipinski definition) is 1. The molecule has 1 unspecified atom stereocenters. The van der Waals surface area contributed by atoms with Crippen LogP contribution in [0.4, 0.5) is 0 Å². The molecule has 0 aliphatic rings. The second-order valence-electron chi connectivity index (χ2n) is 4.05. The predicted octanol–water partition coefficient (Wildman–Crippen LogP) is 3.36. The van der Waals surface area contributed by atoms with Crippen LogP contribution in [0, 0.1) is 0 Å². The van der Waals surface area contributed by atoms with Gasteiger partial charge in [0, 0.05) is 0 Å². The van der Waals surface area contributed by atoms with E-state index in [4.69, 9.17) is 9.84 Å². The number of aliphatic carboxylic acids is 1. The van der Waals surface area contributed by atoms with E-state index in [1.807, 2.05) is 6.92 Å². The highest BCUT2D eigenvalue weighted by atomic mass is 79.9. The fourth-order valence-corrected chi connectivity index (χ4v) is 0.568. The number of rotatable bonds is 4. The second kappa shape index (κ2) is 8.08. The summed E-state index contributed by atoms with van der Waals surface area (Å²) >= 11 is 6.22. The first-order valence-electron chi connectivity index (χ1n) is 5.27. The highest BCUT2D eigenvalue weighted by Crippen LogP contribution is 2.20. The predicted molar refractivity (Wildman–Crippen MR) is 74.9 cm³/mol. The third-order valence-corrected chi connectivity index (χ3v) is 3.09. The molecule has 17 heavy (non-hydrogen) atoms. The monoisotopic (exact) mass is 374 g/mol. The fraction of sp³-hybridized carbons (Fsp3) is 0.818. The van der Waals surface area contributed by atoms with Crippen molar-refractivity contribution in [2.24, 2.45) is 0 Å². The molecule has 1 atom stereocenters. The van der Waals surface area contributed by atoms with Crippen LogP contribution < -0.4 is 0 Å². The van der Waals surface area contributed by atoms with E-state index in [-0.39, 0.29) is 5.97 Å². The van der Waals surface area contributed by atoms with Gasteiger partial charge in [-0.25, -0.2) is 0 Å². The molecular weight excluding hydrogens is 356 g/mol. The fourth-order valence-electron chi connectivity index (χ4n) is 0.454. The van der Waals surface area contributed by atoms with Gasteiger partial charge in [0.2, 0.25) is 0 Å². The highest BCUT2D eigenvalue weighted by Gasteiger charge is 2.26. The van der Waals surface area contributed by atoms with Crippen molar-refractivity contribution >= 4 is 43.8 Å². The van der Waals surface area contributed by atoms with Gasteiger partial charge >= 0.3 is 11.9 Å². The summed E-state index contributed by atoms with van der Waals surface area (Å²) < 4.78 is 3.45. The smallest absolute Gasteiger partial charge is 0.322 e. The summed E-state index contributed by atoms with van der Waals surface area (Å²) in [6.45, 7) is 9.19. The lowest BCUT2D eigenvalue weighted by atomic mass is 10.1. The van der Waals surface area contributed by atoms with Gasteiger partial charge in [0.25, 0.3) is 0 Å². The van der Waals surface area contributed by atoms with Crippen LogP contribution in [0.15, 0.2) is 0 Å². The molecule has 1 N–H and O–H groups in total. The van der Waals surface area contributed by atoms with Crippen LogP contribution >= 0.6 is 31.9 Å². The van der Waals surface area contributed by atoms with E-state index in [1.165, 1.54) is 0 Å². The molecule has 4 nitrogen and oxygen atoms in total. The van der Waals surface area contributed by atoms with Gasteiger partial charge in [-0.05, 0) is 34.1 Å². The van der Waals surface area contributed by atoms with Crippen molar-refractivity contribution in [2.75, 3.05) is 6.61 Å². The van der Waals surface area contributed by atoms with E-state index in [2.05, 4.69) is 31.9 Å². The molecule has 0 bridgehead atoms. The van der Waals surface area contributed by atoms with Gasteiger partial charge in [-0.3, -0.25) is 9.59 Å². The van der Waals surface area contributed by atoms with E-state index in [1.54, 1.807) is 27.7 Å². The Bertz CT molecular complexity index is 257. The van der Waals surface area contributed by atoms with Crippen LogP contribution in [-0.4, -0.2) is 32.3 Å². The maximum Gasteiger partial charge on any atom is 0.322 e. The van der Waals surface area contributed by atoms with Crippen molar-refractivity contribution in [1.29, 1.82) is 0 Å². The van der Waals surface area contributed by atoms with Crippen molar-refractivity contribution in [1.82, 2.24) is 0 Å². The molecule has 0 rings (SSSR count). The Kier molecular flexibility index (Phi) is 9.15. The summed E-state index contributed by atoms with van der Waals surface area (Å²) in [5.41, 5.74) is 0. The molecule has 0 aliphatic carbocycles. The lowest BCUT2D eigenvalue weighted by Crippen LogP contribution is -2.26.